The van der Waals surface area contributed by atoms with Crippen LogP contribution in [0.15, 0.2) is 60.9 Å². The van der Waals surface area contributed by atoms with Gasteiger partial charge in [0.2, 0.25) is 11.8 Å². The standard InChI is InChI=1S/C29H31F3N6O2/c1-18-10-11-20-21(7-3-9-23(20)36-17-25(39-2)29(30,31)32)26(18)40-27-22(8-5-14-34-27)24-12-15-35-28(38-24)37-19-6-4-13-33-16-19/h3,5,7-12,14-15,19,25,33,36H,4,6,13,16-17H2,1-2H3,(H,35,37,38). The van der Waals surface area contributed by atoms with Crippen molar-refractivity contribution in [3.8, 4) is 22.9 Å². The summed E-state index contributed by atoms with van der Waals surface area (Å²) in [5.41, 5.74) is 2.73. The number of ether oxygens (including phenoxy) is 2. The van der Waals surface area contributed by atoms with E-state index in [0.29, 0.717) is 39.9 Å². The molecular formula is C29H31F3N6O2. The number of hydrogen-bond donors (Lipinski definition) is 3. The summed E-state index contributed by atoms with van der Waals surface area (Å²) in [7, 11) is 1.05. The SMILES string of the molecule is COC(CNc1cccc2c(Oc3ncccc3-c3ccnc(NC4CCCNC4)n3)c(C)ccc12)C(F)(F)F. The maximum atomic E-state index is 13.2. The van der Waals surface area contributed by atoms with E-state index in [1.54, 1.807) is 30.6 Å². The van der Waals surface area contributed by atoms with Gasteiger partial charge in [0.1, 0.15) is 5.75 Å². The van der Waals surface area contributed by atoms with Gasteiger partial charge in [-0.05, 0) is 56.1 Å². The highest BCUT2D eigenvalue weighted by Gasteiger charge is 2.39. The molecule has 1 aliphatic heterocycles. The van der Waals surface area contributed by atoms with Gasteiger partial charge in [-0.3, -0.25) is 0 Å². The molecule has 3 N–H and O–H groups in total. The number of nitrogens with zero attached hydrogens (tertiary/aromatic N) is 3. The molecule has 1 aliphatic rings. The molecule has 0 spiro atoms. The van der Waals surface area contributed by atoms with Gasteiger partial charge in [0.25, 0.3) is 0 Å². The van der Waals surface area contributed by atoms with Crippen LogP contribution in [0.5, 0.6) is 11.6 Å². The minimum Gasteiger partial charge on any atom is -0.437 e. The largest absolute Gasteiger partial charge is 0.437 e. The molecule has 2 atom stereocenters. The number of halogens is 3. The molecule has 2 aromatic heterocycles. The number of aryl methyl sites for hydroxylation is 1. The van der Waals surface area contributed by atoms with E-state index in [9.17, 15) is 13.2 Å². The lowest BCUT2D eigenvalue weighted by atomic mass is 10.0. The number of aromatic nitrogens is 3. The summed E-state index contributed by atoms with van der Waals surface area (Å²) in [5, 5.41) is 11.1. The maximum Gasteiger partial charge on any atom is 0.416 e. The van der Waals surface area contributed by atoms with Crippen LogP contribution in [-0.2, 0) is 4.74 Å². The van der Waals surface area contributed by atoms with Gasteiger partial charge in [0, 0.05) is 48.5 Å². The van der Waals surface area contributed by atoms with Crippen molar-refractivity contribution in [2.75, 3.05) is 37.4 Å². The van der Waals surface area contributed by atoms with Crippen LogP contribution in [0.3, 0.4) is 0 Å². The number of benzene rings is 2. The average Bonchev–Trinajstić information content (AvgIpc) is 2.95. The Kier molecular flexibility index (Phi) is 8.32. The van der Waals surface area contributed by atoms with Crippen LogP contribution in [-0.4, -0.2) is 60.0 Å². The van der Waals surface area contributed by atoms with Gasteiger partial charge in [-0.15, -0.1) is 0 Å². The number of hydrogen-bond acceptors (Lipinski definition) is 8. The molecule has 1 fully saturated rings. The molecule has 4 aromatic rings. The number of alkyl halides is 3. The number of methoxy groups -OCH3 is 1. The summed E-state index contributed by atoms with van der Waals surface area (Å²) in [4.78, 5) is 13.6. The van der Waals surface area contributed by atoms with Crippen molar-refractivity contribution in [2.24, 2.45) is 0 Å². The third kappa shape index (κ3) is 6.26. The molecule has 11 heteroatoms. The normalized spacial score (nSPS) is 16.5. The predicted molar refractivity (Wildman–Crippen MR) is 149 cm³/mol. The molecule has 40 heavy (non-hydrogen) atoms. The molecule has 0 bridgehead atoms. The topological polar surface area (TPSA) is 93.2 Å². The number of rotatable bonds is 9. The zero-order valence-corrected chi connectivity index (χ0v) is 22.3. The third-order valence-electron chi connectivity index (χ3n) is 6.87. The van der Waals surface area contributed by atoms with Crippen LogP contribution >= 0.6 is 0 Å². The van der Waals surface area contributed by atoms with E-state index in [4.69, 9.17) is 9.72 Å². The molecular weight excluding hydrogens is 521 g/mol. The van der Waals surface area contributed by atoms with Gasteiger partial charge in [-0.1, -0.05) is 24.3 Å². The molecule has 8 nitrogen and oxygen atoms in total. The highest BCUT2D eigenvalue weighted by Crippen LogP contribution is 2.38. The second kappa shape index (κ2) is 12.1. The summed E-state index contributed by atoms with van der Waals surface area (Å²) >= 11 is 0. The zero-order chi connectivity index (χ0) is 28.1. The highest BCUT2D eigenvalue weighted by atomic mass is 19.4. The van der Waals surface area contributed by atoms with Crippen LogP contribution in [0, 0.1) is 6.92 Å². The van der Waals surface area contributed by atoms with Crippen molar-refractivity contribution < 1.29 is 22.6 Å². The van der Waals surface area contributed by atoms with E-state index in [1.807, 2.05) is 37.3 Å². The molecule has 0 saturated carbocycles. The van der Waals surface area contributed by atoms with Crippen molar-refractivity contribution in [2.45, 2.75) is 38.1 Å². The molecule has 210 valence electrons. The summed E-state index contributed by atoms with van der Waals surface area (Å²) in [6, 6.07) is 14.9. The minimum atomic E-state index is -4.48. The number of nitrogens with one attached hydrogen (secondary N) is 3. The van der Waals surface area contributed by atoms with E-state index < -0.39 is 18.8 Å². The second-order valence-corrected chi connectivity index (χ2v) is 9.67. The Morgan fingerprint density at radius 1 is 1.05 bits per heavy atom. The number of fused-ring (bicyclic) bond motifs is 1. The van der Waals surface area contributed by atoms with Gasteiger partial charge in [0.05, 0.1) is 17.8 Å². The van der Waals surface area contributed by atoms with E-state index in [2.05, 4.69) is 30.7 Å². The Labute approximate surface area is 230 Å². The summed E-state index contributed by atoms with van der Waals surface area (Å²) < 4.78 is 50.7. The first-order valence-corrected chi connectivity index (χ1v) is 13.1. The van der Waals surface area contributed by atoms with Crippen molar-refractivity contribution in [3.05, 3.63) is 66.5 Å². The molecule has 0 amide bonds. The summed E-state index contributed by atoms with van der Waals surface area (Å²) in [6.07, 6.45) is -0.927. The fraction of sp³-hybridized carbons (Fsp3) is 0.345. The maximum absolute atomic E-state index is 13.2. The van der Waals surface area contributed by atoms with Crippen molar-refractivity contribution in [1.82, 2.24) is 20.3 Å². The van der Waals surface area contributed by atoms with Crippen LogP contribution in [0.1, 0.15) is 18.4 Å². The van der Waals surface area contributed by atoms with Crippen LogP contribution in [0.4, 0.5) is 24.8 Å². The number of piperidine rings is 1. The fourth-order valence-electron chi connectivity index (χ4n) is 4.76. The molecule has 5 rings (SSSR count). The van der Waals surface area contributed by atoms with Crippen molar-refractivity contribution in [3.63, 3.8) is 0 Å². The monoisotopic (exact) mass is 552 g/mol. The summed E-state index contributed by atoms with van der Waals surface area (Å²) in [6.45, 7) is 3.36. The minimum absolute atomic E-state index is 0.255. The Bertz CT molecular complexity index is 1460. The Hall–Kier alpha value is -3.96. The van der Waals surface area contributed by atoms with Crippen molar-refractivity contribution >= 4 is 22.4 Å². The van der Waals surface area contributed by atoms with Gasteiger partial charge in [-0.25, -0.2) is 15.0 Å². The quantitative estimate of drug-likeness (QED) is 0.235. The highest BCUT2D eigenvalue weighted by molar-refractivity contribution is 5.98. The van der Waals surface area contributed by atoms with Gasteiger partial charge in [-0.2, -0.15) is 13.2 Å². The smallest absolute Gasteiger partial charge is 0.416 e. The molecule has 1 saturated heterocycles. The lowest BCUT2D eigenvalue weighted by Crippen LogP contribution is -2.38. The Balaban J connectivity index is 1.44. The first-order chi connectivity index (χ1) is 19.3. The van der Waals surface area contributed by atoms with E-state index in [1.165, 1.54) is 0 Å². The van der Waals surface area contributed by atoms with Gasteiger partial charge in [0.15, 0.2) is 6.10 Å². The number of anilines is 2. The molecule has 0 radical (unpaired) electrons. The van der Waals surface area contributed by atoms with E-state index in [-0.39, 0.29) is 6.04 Å². The van der Waals surface area contributed by atoms with E-state index in [0.717, 1.165) is 44.0 Å². The lowest BCUT2D eigenvalue weighted by molar-refractivity contribution is -0.207. The van der Waals surface area contributed by atoms with E-state index >= 15 is 0 Å². The van der Waals surface area contributed by atoms with Gasteiger partial charge >= 0.3 is 6.18 Å². The predicted octanol–water partition coefficient (Wildman–Crippen LogP) is 5.95. The Morgan fingerprint density at radius 2 is 1.93 bits per heavy atom. The second-order valence-electron chi connectivity index (χ2n) is 9.67. The first kappa shape index (κ1) is 27.6. The Morgan fingerprint density at radius 3 is 2.70 bits per heavy atom. The summed E-state index contributed by atoms with van der Waals surface area (Å²) in [5.74, 6) is 1.45. The van der Waals surface area contributed by atoms with Gasteiger partial charge < -0.3 is 25.4 Å². The molecule has 3 heterocycles. The zero-order valence-electron chi connectivity index (χ0n) is 22.3. The van der Waals surface area contributed by atoms with Crippen molar-refractivity contribution in [1.29, 1.82) is 0 Å². The number of pyridine rings is 1. The molecule has 2 unspecified atom stereocenters. The third-order valence-corrected chi connectivity index (χ3v) is 6.87. The lowest BCUT2D eigenvalue weighted by Gasteiger charge is -2.23. The first-order valence-electron chi connectivity index (χ1n) is 13.1. The average molecular weight is 553 g/mol. The van der Waals surface area contributed by atoms with Crippen LogP contribution in [0.25, 0.3) is 22.0 Å². The molecule has 0 aliphatic carbocycles. The van der Waals surface area contributed by atoms with Crippen LogP contribution < -0.4 is 20.7 Å². The molecule has 2 aromatic carbocycles. The fourth-order valence-corrected chi connectivity index (χ4v) is 4.76. The van der Waals surface area contributed by atoms with Crippen LogP contribution in [0.2, 0.25) is 0 Å².